The molecule has 1 aromatic rings. The van der Waals surface area contributed by atoms with Crippen LogP contribution in [0.25, 0.3) is 0 Å². The molecule has 0 spiro atoms. The van der Waals surface area contributed by atoms with Crippen molar-refractivity contribution in [1.29, 1.82) is 0 Å². The molecule has 0 saturated heterocycles. The summed E-state index contributed by atoms with van der Waals surface area (Å²) in [6, 6.07) is 7.36. The number of halogens is 4. The van der Waals surface area contributed by atoms with Crippen molar-refractivity contribution in [3.63, 3.8) is 0 Å². The minimum atomic E-state index is -4.06. The highest BCUT2D eigenvalue weighted by Crippen LogP contribution is 2.40. The molecule has 0 aromatic heterocycles. The highest BCUT2D eigenvalue weighted by atomic mass is 35.5. The van der Waals surface area contributed by atoms with E-state index in [9.17, 15) is 13.2 Å². The molecule has 2 rings (SSSR count). The van der Waals surface area contributed by atoms with Crippen molar-refractivity contribution in [3.8, 4) is 0 Å². The average Bonchev–Trinajstić information content (AvgIpc) is 2.40. The molecule has 2 N–H and O–H groups in total. The molecule has 20 heavy (non-hydrogen) atoms. The highest BCUT2D eigenvalue weighted by Gasteiger charge is 2.42. The van der Waals surface area contributed by atoms with Gasteiger partial charge < -0.3 is 5.73 Å². The van der Waals surface area contributed by atoms with Crippen LogP contribution in [0.5, 0.6) is 0 Å². The highest BCUT2D eigenvalue weighted by molar-refractivity contribution is 6.31. The molecule has 1 saturated carbocycles. The van der Waals surface area contributed by atoms with E-state index in [0.717, 1.165) is 5.56 Å². The first-order valence-corrected chi connectivity index (χ1v) is 7.31. The number of nitrogens with two attached hydrogens (primary N) is 1. The molecule has 5 heteroatoms. The zero-order chi connectivity index (χ0) is 14.8. The van der Waals surface area contributed by atoms with E-state index >= 15 is 0 Å². The standard InChI is InChI=1S/C15H19ClF3N/c16-13-4-2-1-3-11(13)9-14(20)10-5-7-12(8-6-10)15(17,18)19/h1-4,10,12,14H,5-9,20H2. The quantitative estimate of drug-likeness (QED) is 0.869. The van der Waals surface area contributed by atoms with Crippen molar-refractivity contribution in [1.82, 2.24) is 0 Å². The van der Waals surface area contributed by atoms with Gasteiger partial charge in [-0.25, -0.2) is 0 Å². The van der Waals surface area contributed by atoms with E-state index in [1.165, 1.54) is 0 Å². The van der Waals surface area contributed by atoms with Gasteiger partial charge in [0.2, 0.25) is 0 Å². The molecule has 0 radical (unpaired) electrons. The SMILES string of the molecule is NC(Cc1ccccc1Cl)C1CCC(C(F)(F)F)CC1. The van der Waals surface area contributed by atoms with E-state index in [2.05, 4.69) is 0 Å². The van der Waals surface area contributed by atoms with Crippen LogP contribution < -0.4 is 5.73 Å². The Morgan fingerprint density at radius 1 is 1.15 bits per heavy atom. The molecular formula is C15H19ClF3N. The Balaban J connectivity index is 1.89. The fourth-order valence-corrected chi connectivity index (χ4v) is 3.17. The van der Waals surface area contributed by atoms with Crippen LogP contribution in [0, 0.1) is 11.8 Å². The Labute approximate surface area is 122 Å². The molecule has 1 atom stereocenters. The molecule has 1 aromatic carbocycles. The fraction of sp³-hybridized carbons (Fsp3) is 0.600. The molecule has 1 unspecified atom stereocenters. The number of hydrogen-bond donors (Lipinski definition) is 1. The lowest BCUT2D eigenvalue weighted by Gasteiger charge is -2.33. The molecule has 1 nitrogen and oxygen atoms in total. The van der Waals surface area contributed by atoms with Crippen LogP contribution in [0.1, 0.15) is 31.2 Å². The molecule has 0 bridgehead atoms. The van der Waals surface area contributed by atoms with Gasteiger partial charge in [-0.3, -0.25) is 0 Å². The van der Waals surface area contributed by atoms with E-state index in [1.54, 1.807) is 0 Å². The monoisotopic (exact) mass is 305 g/mol. The molecule has 0 aliphatic heterocycles. The van der Waals surface area contributed by atoms with Crippen molar-refractivity contribution >= 4 is 11.6 Å². The van der Waals surface area contributed by atoms with Gasteiger partial charge in [-0.2, -0.15) is 13.2 Å². The minimum absolute atomic E-state index is 0.121. The number of alkyl halides is 3. The van der Waals surface area contributed by atoms with Gasteiger partial charge in [-0.1, -0.05) is 29.8 Å². The van der Waals surface area contributed by atoms with Crippen LogP contribution in [0.3, 0.4) is 0 Å². The minimum Gasteiger partial charge on any atom is -0.327 e. The van der Waals surface area contributed by atoms with Crippen molar-refractivity contribution < 1.29 is 13.2 Å². The maximum absolute atomic E-state index is 12.6. The smallest absolute Gasteiger partial charge is 0.327 e. The van der Waals surface area contributed by atoms with Crippen molar-refractivity contribution in [3.05, 3.63) is 34.9 Å². The normalized spacial score (nSPS) is 25.4. The topological polar surface area (TPSA) is 26.0 Å². The summed E-state index contributed by atoms with van der Waals surface area (Å²) >= 11 is 6.09. The van der Waals surface area contributed by atoms with Crippen LogP contribution in [0.15, 0.2) is 24.3 Å². The number of rotatable bonds is 3. The van der Waals surface area contributed by atoms with Crippen LogP contribution in [0.2, 0.25) is 5.02 Å². The second-order valence-electron chi connectivity index (χ2n) is 5.61. The maximum Gasteiger partial charge on any atom is 0.391 e. The van der Waals surface area contributed by atoms with Gasteiger partial charge in [0.15, 0.2) is 0 Å². The summed E-state index contributed by atoms with van der Waals surface area (Å²) in [5.41, 5.74) is 7.14. The average molecular weight is 306 g/mol. The Morgan fingerprint density at radius 2 is 1.75 bits per heavy atom. The Hall–Kier alpha value is -0.740. The van der Waals surface area contributed by atoms with E-state index in [0.29, 0.717) is 24.3 Å². The second-order valence-corrected chi connectivity index (χ2v) is 6.02. The third-order valence-corrected chi connectivity index (χ3v) is 4.62. The Morgan fingerprint density at radius 3 is 2.30 bits per heavy atom. The van der Waals surface area contributed by atoms with Crippen molar-refractivity contribution in [2.45, 2.75) is 44.3 Å². The summed E-state index contributed by atoms with van der Waals surface area (Å²) in [4.78, 5) is 0. The number of benzene rings is 1. The van der Waals surface area contributed by atoms with Gasteiger partial charge in [0.1, 0.15) is 0 Å². The molecule has 1 aliphatic rings. The van der Waals surface area contributed by atoms with Gasteiger partial charge in [0.25, 0.3) is 0 Å². The van der Waals surface area contributed by atoms with Gasteiger partial charge >= 0.3 is 6.18 Å². The lowest BCUT2D eigenvalue weighted by molar-refractivity contribution is -0.184. The number of hydrogen-bond acceptors (Lipinski definition) is 1. The summed E-state index contributed by atoms with van der Waals surface area (Å²) in [6.07, 6.45) is -1.93. The van der Waals surface area contributed by atoms with Gasteiger partial charge in [0, 0.05) is 11.1 Å². The van der Waals surface area contributed by atoms with Crippen LogP contribution in [-0.2, 0) is 6.42 Å². The van der Waals surface area contributed by atoms with Gasteiger partial charge in [-0.15, -0.1) is 0 Å². The van der Waals surface area contributed by atoms with Gasteiger partial charge in [-0.05, 0) is 49.7 Å². The summed E-state index contributed by atoms with van der Waals surface area (Å²) in [5.74, 6) is -0.990. The molecular weight excluding hydrogens is 287 g/mol. The predicted molar refractivity (Wildman–Crippen MR) is 74.6 cm³/mol. The lowest BCUT2D eigenvalue weighted by Crippen LogP contribution is -2.37. The largest absolute Gasteiger partial charge is 0.391 e. The van der Waals surface area contributed by atoms with Crippen LogP contribution in [0.4, 0.5) is 13.2 Å². The molecule has 112 valence electrons. The van der Waals surface area contributed by atoms with E-state index in [1.807, 2.05) is 24.3 Å². The first kappa shape index (κ1) is 15.6. The summed E-state index contributed by atoms with van der Waals surface area (Å²) < 4.78 is 37.9. The molecule has 1 fully saturated rings. The van der Waals surface area contributed by atoms with Gasteiger partial charge in [0.05, 0.1) is 5.92 Å². The third kappa shape index (κ3) is 3.89. The zero-order valence-electron chi connectivity index (χ0n) is 11.2. The second kappa shape index (κ2) is 6.35. The molecule has 0 amide bonds. The molecule has 1 aliphatic carbocycles. The summed E-state index contributed by atoms with van der Waals surface area (Å²) in [7, 11) is 0. The maximum atomic E-state index is 12.6. The zero-order valence-corrected chi connectivity index (χ0v) is 11.9. The lowest BCUT2D eigenvalue weighted by atomic mass is 9.77. The van der Waals surface area contributed by atoms with Crippen LogP contribution >= 0.6 is 11.6 Å². The first-order chi connectivity index (χ1) is 9.38. The van der Waals surface area contributed by atoms with E-state index in [4.69, 9.17) is 17.3 Å². The summed E-state index contributed by atoms with van der Waals surface area (Å²) in [6.45, 7) is 0. The van der Waals surface area contributed by atoms with Crippen molar-refractivity contribution in [2.75, 3.05) is 0 Å². The Bertz CT molecular complexity index is 439. The fourth-order valence-electron chi connectivity index (χ4n) is 2.96. The van der Waals surface area contributed by atoms with Crippen molar-refractivity contribution in [2.24, 2.45) is 17.6 Å². The predicted octanol–water partition coefficient (Wildman–Crippen LogP) is 4.58. The first-order valence-electron chi connectivity index (χ1n) is 6.93. The van der Waals surface area contributed by atoms with E-state index in [-0.39, 0.29) is 24.8 Å². The van der Waals surface area contributed by atoms with E-state index < -0.39 is 12.1 Å². The molecule has 0 heterocycles. The van der Waals surface area contributed by atoms with Crippen LogP contribution in [-0.4, -0.2) is 12.2 Å². The third-order valence-electron chi connectivity index (χ3n) is 4.25. The Kier molecular flexibility index (Phi) is 4.97. The summed E-state index contributed by atoms with van der Waals surface area (Å²) in [5, 5.41) is 0.673.